The van der Waals surface area contributed by atoms with Crippen LogP contribution in [0.3, 0.4) is 0 Å². The summed E-state index contributed by atoms with van der Waals surface area (Å²) < 4.78 is 12.3. The number of rotatable bonds is 10. The van der Waals surface area contributed by atoms with E-state index in [1.54, 1.807) is 0 Å². The van der Waals surface area contributed by atoms with Gasteiger partial charge < -0.3 is 9.47 Å². The van der Waals surface area contributed by atoms with Gasteiger partial charge in [0, 0.05) is 10.00 Å². The third kappa shape index (κ3) is 14.0. The fourth-order valence-corrected chi connectivity index (χ4v) is 2.95. The van der Waals surface area contributed by atoms with Crippen LogP contribution in [0.2, 0.25) is 0 Å². The molecule has 0 amide bonds. The molecule has 0 aliphatic carbocycles. The average Bonchev–Trinajstić information content (AvgIpc) is 2.23. The zero-order valence-corrected chi connectivity index (χ0v) is 17.0. The predicted octanol–water partition coefficient (Wildman–Crippen LogP) is 5.21. The van der Waals surface area contributed by atoms with Gasteiger partial charge in [0.1, 0.15) is 0 Å². The molecule has 0 rings (SSSR count). The number of ether oxygens (including phenoxy) is 2. The van der Waals surface area contributed by atoms with Crippen molar-refractivity contribution in [3.63, 3.8) is 0 Å². The molecule has 1 atom stereocenters. The second kappa shape index (κ2) is 9.05. The fourth-order valence-electron chi connectivity index (χ4n) is 1.67. The minimum absolute atomic E-state index is 0.0643. The minimum atomic E-state index is -0.146. The monoisotopic (exact) mass is 336 g/mol. The topological polar surface area (TPSA) is 18.5 Å². The Balaban J connectivity index is 3.97. The highest BCUT2D eigenvalue weighted by Crippen LogP contribution is 2.27. The number of thioether (sulfide) groups is 1. The third-order valence-corrected chi connectivity index (χ3v) is 4.57. The Bertz CT molecular complexity index is 281. The van der Waals surface area contributed by atoms with E-state index in [-0.39, 0.29) is 16.5 Å². The van der Waals surface area contributed by atoms with E-state index in [0.29, 0.717) is 11.4 Å². The summed E-state index contributed by atoms with van der Waals surface area (Å²) >= 11 is 6.35. The molecule has 0 fully saturated rings. The molecule has 21 heavy (non-hydrogen) atoms. The lowest BCUT2D eigenvalue weighted by Gasteiger charge is -2.30. The summed E-state index contributed by atoms with van der Waals surface area (Å²) in [4.78, 5) is 0. The van der Waals surface area contributed by atoms with Gasteiger partial charge in [0.25, 0.3) is 0 Å². The highest BCUT2D eigenvalue weighted by Gasteiger charge is 2.23. The van der Waals surface area contributed by atoms with Gasteiger partial charge in [0.05, 0.1) is 24.4 Å². The standard InChI is InChI=1S/C17H36O2S2/c1-14(20)13-19-16(5,6)9-11-18-17(7,8)10-12-21-15(2,3)4/h14,20H,9-13H2,1-8H3. The molecule has 0 aromatic rings. The van der Waals surface area contributed by atoms with Gasteiger partial charge >= 0.3 is 0 Å². The molecule has 0 aliphatic rings. The zero-order chi connectivity index (χ0) is 16.7. The molecule has 2 nitrogen and oxygen atoms in total. The van der Waals surface area contributed by atoms with Crippen LogP contribution in [0.4, 0.5) is 0 Å². The van der Waals surface area contributed by atoms with Gasteiger partial charge in [0.15, 0.2) is 0 Å². The van der Waals surface area contributed by atoms with Crippen molar-refractivity contribution in [1.29, 1.82) is 0 Å². The van der Waals surface area contributed by atoms with Crippen molar-refractivity contribution >= 4 is 24.4 Å². The van der Waals surface area contributed by atoms with Crippen LogP contribution in [0.5, 0.6) is 0 Å². The molecule has 0 aliphatic heterocycles. The van der Waals surface area contributed by atoms with Crippen LogP contribution in [0.15, 0.2) is 0 Å². The molecule has 0 spiro atoms. The van der Waals surface area contributed by atoms with Gasteiger partial charge in [-0.2, -0.15) is 24.4 Å². The molecule has 128 valence electrons. The zero-order valence-electron chi connectivity index (χ0n) is 15.3. The summed E-state index contributed by atoms with van der Waals surface area (Å²) in [5, 5.41) is 0.274. The first-order valence-corrected chi connectivity index (χ1v) is 9.43. The summed E-state index contributed by atoms with van der Waals surface area (Å²) in [6, 6.07) is 0. The third-order valence-electron chi connectivity index (χ3n) is 3.15. The molecule has 0 saturated carbocycles. The van der Waals surface area contributed by atoms with Crippen molar-refractivity contribution in [3.05, 3.63) is 0 Å². The van der Waals surface area contributed by atoms with Gasteiger partial charge in [-0.25, -0.2) is 0 Å². The smallest absolute Gasteiger partial charge is 0.0649 e. The van der Waals surface area contributed by atoms with Crippen LogP contribution in [-0.2, 0) is 9.47 Å². The lowest BCUT2D eigenvalue weighted by atomic mass is 10.0. The first-order chi connectivity index (χ1) is 9.33. The number of hydrogen-bond acceptors (Lipinski definition) is 4. The van der Waals surface area contributed by atoms with Crippen molar-refractivity contribution in [2.75, 3.05) is 19.0 Å². The first-order valence-electron chi connectivity index (χ1n) is 7.93. The van der Waals surface area contributed by atoms with E-state index in [2.05, 4.69) is 61.1 Å². The molecular formula is C17H36O2S2. The van der Waals surface area contributed by atoms with Crippen molar-refractivity contribution < 1.29 is 9.47 Å². The Morgan fingerprint density at radius 2 is 1.43 bits per heavy atom. The quantitative estimate of drug-likeness (QED) is 0.553. The highest BCUT2D eigenvalue weighted by molar-refractivity contribution is 8.00. The van der Waals surface area contributed by atoms with Crippen LogP contribution in [0, 0.1) is 0 Å². The lowest BCUT2D eigenvalue weighted by Crippen LogP contribution is -2.32. The predicted molar refractivity (Wildman–Crippen MR) is 100.0 cm³/mol. The van der Waals surface area contributed by atoms with Crippen LogP contribution < -0.4 is 0 Å². The van der Waals surface area contributed by atoms with Crippen LogP contribution in [0.1, 0.15) is 68.2 Å². The maximum absolute atomic E-state index is 6.07. The van der Waals surface area contributed by atoms with E-state index in [9.17, 15) is 0 Å². The van der Waals surface area contributed by atoms with Gasteiger partial charge in [-0.05, 0) is 46.3 Å². The van der Waals surface area contributed by atoms with Gasteiger partial charge in [-0.1, -0.05) is 27.7 Å². The second-order valence-electron chi connectivity index (χ2n) is 7.99. The van der Waals surface area contributed by atoms with Crippen LogP contribution in [0.25, 0.3) is 0 Å². The molecule has 0 heterocycles. The fraction of sp³-hybridized carbons (Fsp3) is 1.00. The number of thiol groups is 1. The summed E-state index contributed by atoms with van der Waals surface area (Å²) in [7, 11) is 0. The summed E-state index contributed by atoms with van der Waals surface area (Å²) in [6.45, 7) is 18.8. The molecular weight excluding hydrogens is 300 g/mol. The van der Waals surface area contributed by atoms with E-state index >= 15 is 0 Å². The van der Waals surface area contributed by atoms with E-state index < -0.39 is 0 Å². The molecule has 0 saturated heterocycles. The molecule has 1 unspecified atom stereocenters. The van der Waals surface area contributed by atoms with Crippen LogP contribution in [-0.4, -0.2) is 40.2 Å². The molecule has 0 aromatic heterocycles. The lowest BCUT2D eigenvalue weighted by molar-refractivity contribution is -0.0716. The van der Waals surface area contributed by atoms with Gasteiger partial charge in [0.2, 0.25) is 0 Å². The van der Waals surface area contributed by atoms with Crippen molar-refractivity contribution in [1.82, 2.24) is 0 Å². The summed E-state index contributed by atoms with van der Waals surface area (Å²) in [6.07, 6.45) is 1.98. The Kier molecular flexibility index (Phi) is 9.31. The average molecular weight is 337 g/mol. The minimum Gasteiger partial charge on any atom is -0.375 e. The van der Waals surface area contributed by atoms with Crippen molar-refractivity contribution in [3.8, 4) is 0 Å². The van der Waals surface area contributed by atoms with Crippen molar-refractivity contribution in [2.24, 2.45) is 0 Å². The Morgan fingerprint density at radius 1 is 0.905 bits per heavy atom. The van der Waals surface area contributed by atoms with E-state index in [1.807, 2.05) is 18.7 Å². The molecule has 0 bridgehead atoms. The van der Waals surface area contributed by atoms with Crippen molar-refractivity contribution in [2.45, 2.75) is 89.4 Å². The van der Waals surface area contributed by atoms with Gasteiger partial charge in [-0.15, -0.1) is 0 Å². The van der Waals surface area contributed by atoms with Gasteiger partial charge in [-0.3, -0.25) is 0 Å². The number of hydrogen-bond donors (Lipinski definition) is 1. The first kappa shape index (κ1) is 21.6. The summed E-state index contributed by atoms with van der Waals surface area (Å²) in [5.41, 5.74) is -0.210. The van der Waals surface area contributed by atoms with E-state index in [1.165, 1.54) is 0 Å². The molecule has 0 radical (unpaired) electrons. The largest absolute Gasteiger partial charge is 0.375 e. The summed E-state index contributed by atoms with van der Waals surface area (Å²) in [5.74, 6) is 1.13. The second-order valence-corrected chi connectivity index (χ2v) is 10.8. The molecule has 0 N–H and O–H groups in total. The molecule has 0 aromatic carbocycles. The Labute approximate surface area is 142 Å². The van der Waals surface area contributed by atoms with E-state index in [0.717, 1.165) is 25.2 Å². The maximum Gasteiger partial charge on any atom is 0.0649 e. The Hall–Kier alpha value is 0.620. The van der Waals surface area contributed by atoms with Crippen LogP contribution >= 0.6 is 24.4 Å². The highest BCUT2D eigenvalue weighted by atomic mass is 32.2. The molecule has 4 heteroatoms. The normalized spacial score (nSPS) is 15.3. The SMILES string of the molecule is CC(S)COC(C)(C)CCOC(C)(C)CCSC(C)(C)C. The van der Waals surface area contributed by atoms with E-state index in [4.69, 9.17) is 9.47 Å². The maximum atomic E-state index is 6.07. The Morgan fingerprint density at radius 3 is 1.90 bits per heavy atom.